The quantitative estimate of drug-likeness (QED) is 0.275. The monoisotopic (exact) mass is 579 g/mol. The number of benzene rings is 3. The smallest absolute Gasteiger partial charge is 0.416 e. The highest BCUT2D eigenvalue weighted by Gasteiger charge is 2.37. The van der Waals surface area contributed by atoms with Gasteiger partial charge in [-0.15, -0.1) is 0 Å². The first kappa shape index (κ1) is 30.6. The second-order valence-electron chi connectivity index (χ2n) is 8.81. The molecule has 0 aliphatic carbocycles. The minimum Gasteiger partial charge on any atom is -0.496 e. The van der Waals surface area contributed by atoms with Gasteiger partial charge in [-0.2, -0.15) is 39.5 Å². The van der Waals surface area contributed by atoms with Crippen LogP contribution >= 0.6 is 0 Å². The highest BCUT2D eigenvalue weighted by atomic mass is 19.4. The molecule has 0 aliphatic rings. The number of rotatable bonds is 6. The van der Waals surface area contributed by atoms with E-state index in [-0.39, 0.29) is 22.9 Å². The number of hydrogen-bond acceptors (Lipinski definition) is 3. The average molecular weight is 579 g/mol. The van der Waals surface area contributed by atoms with Crippen molar-refractivity contribution in [1.29, 1.82) is 0 Å². The summed E-state index contributed by atoms with van der Waals surface area (Å²) in [4.78, 5) is 13.3. The van der Waals surface area contributed by atoms with Gasteiger partial charge in [0, 0.05) is 18.7 Å². The number of nitrogens with zero attached hydrogens (tertiary/aromatic N) is 1. The molecule has 0 fully saturated rings. The number of amides is 1. The van der Waals surface area contributed by atoms with Crippen molar-refractivity contribution in [2.24, 2.45) is 0 Å². The molecule has 3 aromatic carbocycles. The Morgan fingerprint density at radius 1 is 0.700 bits per heavy atom. The normalized spacial score (nSPS) is 12.3. The summed E-state index contributed by atoms with van der Waals surface area (Å²) in [6, 6.07) is 8.40. The van der Waals surface area contributed by atoms with E-state index in [0.717, 1.165) is 30.9 Å². The van der Waals surface area contributed by atoms with Crippen LogP contribution in [0.15, 0.2) is 54.6 Å². The van der Waals surface area contributed by atoms with Crippen molar-refractivity contribution in [3.05, 3.63) is 88.0 Å². The second-order valence-corrected chi connectivity index (χ2v) is 8.81. The zero-order valence-corrected chi connectivity index (χ0v) is 21.2. The van der Waals surface area contributed by atoms with Crippen LogP contribution in [0.1, 0.15) is 33.4 Å². The van der Waals surface area contributed by atoms with Crippen LogP contribution in [0.3, 0.4) is 0 Å². The maximum atomic E-state index is 13.6. The first-order valence-corrected chi connectivity index (χ1v) is 11.4. The van der Waals surface area contributed by atoms with Gasteiger partial charge in [-0.3, -0.25) is 4.90 Å². The second kappa shape index (κ2) is 11.3. The molecular weight excluding hydrogens is 557 g/mol. The van der Waals surface area contributed by atoms with Gasteiger partial charge >= 0.3 is 24.6 Å². The predicted molar refractivity (Wildman–Crippen MR) is 126 cm³/mol. The Labute approximate surface area is 222 Å². The van der Waals surface area contributed by atoms with Crippen molar-refractivity contribution < 1.29 is 53.8 Å². The highest BCUT2D eigenvalue weighted by molar-refractivity contribution is 5.75. The molecule has 3 aromatic rings. The summed E-state index contributed by atoms with van der Waals surface area (Å²) in [6.45, 7) is 0.236. The predicted octanol–water partition coefficient (Wildman–Crippen LogP) is 8.50. The molecule has 0 aromatic heterocycles. The van der Waals surface area contributed by atoms with Gasteiger partial charge in [-0.05, 0) is 66.1 Å². The van der Waals surface area contributed by atoms with Gasteiger partial charge in [0.15, 0.2) is 0 Å². The first-order chi connectivity index (χ1) is 18.4. The average Bonchev–Trinajstić information content (AvgIpc) is 2.86. The lowest BCUT2D eigenvalue weighted by molar-refractivity contribution is -0.143. The molecule has 13 heteroatoms. The fourth-order valence-electron chi connectivity index (χ4n) is 4.05. The lowest BCUT2D eigenvalue weighted by Gasteiger charge is -2.25. The fraction of sp³-hybridized carbons (Fsp3) is 0.296. The summed E-state index contributed by atoms with van der Waals surface area (Å²) in [6.07, 6.45) is -16.3. The molecule has 0 atom stereocenters. The molecule has 0 saturated heterocycles. The van der Waals surface area contributed by atoms with Crippen molar-refractivity contribution in [2.45, 2.75) is 38.5 Å². The third kappa shape index (κ3) is 7.19. The molecule has 0 bridgehead atoms. The highest BCUT2D eigenvalue weighted by Crippen LogP contribution is 2.39. The van der Waals surface area contributed by atoms with Crippen LogP contribution < -0.4 is 4.74 Å². The van der Waals surface area contributed by atoms with E-state index in [4.69, 9.17) is 4.74 Å². The summed E-state index contributed by atoms with van der Waals surface area (Å²) in [5, 5.41) is 0. The van der Waals surface area contributed by atoms with Gasteiger partial charge in [-0.1, -0.05) is 17.7 Å². The Balaban J connectivity index is 2.17. The summed E-state index contributed by atoms with van der Waals surface area (Å²) < 4.78 is 131. The molecule has 0 spiro atoms. The Hall–Kier alpha value is -3.90. The van der Waals surface area contributed by atoms with E-state index in [1.807, 2.05) is 0 Å². The molecular formula is C27H22F9NO3. The molecule has 216 valence electrons. The van der Waals surface area contributed by atoms with Crippen LogP contribution in [-0.4, -0.2) is 25.2 Å². The van der Waals surface area contributed by atoms with Crippen molar-refractivity contribution in [3.63, 3.8) is 0 Å². The molecule has 3 rings (SSSR count). The summed E-state index contributed by atoms with van der Waals surface area (Å²) in [5.41, 5.74) is -3.69. The maximum Gasteiger partial charge on any atom is 0.416 e. The minimum atomic E-state index is -5.14. The van der Waals surface area contributed by atoms with Crippen LogP contribution in [0, 0.1) is 6.92 Å². The van der Waals surface area contributed by atoms with Crippen LogP contribution in [0.2, 0.25) is 0 Å². The van der Waals surface area contributed by atoms with E-state index in [0.29, 0.717) is 22.6 Å². The lowest BCUT2D eigenvalue weighted by Crippen LogP contribution is -2.30. The Morgan fingerprint density at radius 2 is 1.27 bits per heavy atom. The standard InChI is InChI=1S/C27H22F9NO3/c1-15-4-7-23(39-2)22(8-15)21-6-5-18(25(28,29)30)11-17(21)14-37(24(38)40-3)13-16-9-19(26(31,32)33)12-20(10-16)27(34,35)36/h4-12H,13-14H2,1-3H3. The third-order valence-corrected chi connectivity index (χ3v) is 5.89. The summed E-state index contributed by atoms with van der Waals surface area (Å²) in [7, 11) is 2.25. The number of methoxy groups -OCH3 is 2. The van der Waals surface area contributed by atoms with Gasteiger partial charge < -0.3 is 9.47 Å². The first-order valence-electron chi connectivity index (χ1n) is 11.4. The van der Waals surface area contributed by atoms with Crippen molar-refractivity contribution in [1.82, 2.24) is 4.90 Å². The third-order valence-electron chi connectivity index (χ3n) is 5.89. The summed E-state index contributed by atoms with van der Waals surface area (Å²) >= 11 is 0. The molecule has 0 aliphatic heterocycles. The zero-order valence-electron chi connectivity index (χ0n) is 21.2. The number of alkyl halides is 9. The number of halogens is 9. The zero-order chi connectivity index (χ0) is 30.0. The molecule has 40 heavy (non-hydrogen) atoms. The van der Waals surface area contributed by atoms with Gasteiger partial charge in [0.1, 0.15) is 5.75 Å². The van der Waals surface area contributed by atoms with Gasteiger partial charge in [0.2, 0.25) is 0 Å². The number of ether oxygens (including phenoxy) is 2. The van der Waals surface area contributed by atoms with Crippen molar-refractivity contribution >= 4 is 6.09 Å². The minimum absolute atomic E-state index is 0.0685. The molecule has 0 heterocycles. The SMILES string of the molecule is COC(=O)N(Cc1cc(C(F)(F)F)cc(C(F)(F)F)c1)Cc1cc(C(F)(F)F)ccc1-c1cc(C)ccc1OC. The van der Waals surface area contributed by atoms with Crippen LogP contribution in [0.5, 0.6) is 5.75 Å². The summed E-state index contributed by atoms with van der Waals surface area (Å²) in [5.74, 6) is 0.281. The fourth-order valence-corrected chi connectivity index (χ4v) is 4.05. The van der Waals surface area contributed by atoms with Gasteiger partial charge in [0.05, 0.1) is 30.9 Å². The number of aryl methyl sites for hydroxylation is 1. The molecule has 0 N–H and O–H groups in total. The Morgan fingerprint density at radius 3 is 1.77 bits per heavy atom. The molecule has 0 unspecified atom stereocenters. The van der Waals surface area contributed by atoms with E-state index in [1.165, 1.54) is 7.11 Å². The Kier molecular flexibility index (Phi) is 8.66. The molecule has 0 saturated carbocycles. The number of hydrogen-bond donors (Lipinski definition) is 0. The van der Waals surface area contributed by atoms with Gasteiger partial charge in [0.25, 0.3) is 0 Å². The van der Waals surface area contributed by atoms with Crippen LogP contribution in [0.25, 0.3) is 11.1 Å². The Bertz CT molecular complexity index is 1350. The largest absolute Gasteiger partial charge is 0.496 e. The lowest BCUT2D eigenvalue weighted by atomic mass is 9.95. The molecule has 1 amide bonds. The molecule has 4 nitrogen and oxygen atoms in total. The number of carbonyl (C=O) groups excluding carboxylic acids is 1. The van der Waals surface area contributed by atoms with E-state index in [9.17, 15) is 44.3 Å². The van der Waals surface area contributed by atoms with Gasteiger partial charge in [-0.25, -0.2) is 4.79 Å². The van der Waals surface area contributed by atoms with E-state index < -0.39 is 60.0 Å². The number of carbonyl (C=O) groups is 1. The van der Waals surface area contributed by atoms with E-state index in [2.05, 4.69) is 4.74 Å². The van der Waals surface area contributed by atoms with E-state index >= 15 is 0 Å². The van der Waals surface area contributed by atoms with Crippen molar-refractivity contribution in [3.8, 4) is 16.9 Å². The van der Waals surface area contributed by atoms with Crippen LogP contribution in [0.4, 0.5) is 44.3 Å². The van der Waals surface area contributed by atoms with E-state index in [1.54, 1.807) is 25.1 Å². The topological polar surface area (TPSA) is 38.8 Å². The van der Waals surface area contributed by atoms with Crippen LogP contribution in [-0.2, 0) is 36.4 Å². The maximum absolute atomic E-state index is 13.6. The molecule has 0 radical (unpaired) electrons. The van der Waals surface area contributed by atoms with Crippen molar-refractivity contribution in [2.75, 3.05) is 14.2 Å².